The van der Waals surface area contributed by atoms with E-state index in [4.69, 9.17) is 10.00 Å². The zero-order valence-electron chi connectivity index (χ0n) is 10.4. The maximum absolute atomic E-state index is 8.61. The highest BCUT2D eigenvalue weighted by Gasteiger charge is 2.05. The van der Waals surface area contributed by atoms with Crippen molar-refractivity contribution in [1.29, 1.82) is 5.26 Å². The van der Waals surface area contributed by atoms with Gasteiger partial charge in [-0.1, -0.05) is 11.8 Å². The minimum absolute atomic E-state index is 0.427. The van der Waals surface area contributed by atoms with Gasteiger partial charge in [-0.25, -0.2) is 4.98 Å². The van der Waals surface area contributed by atoms with Crippen molar-refractivity contribution in [3.8, 4) is 11.8 Å². The van der Waals surface area contributed by atoms with Gasteiger partial charge >= 0.3 is 0 Å². The first-order valence-corrected chi connectivity index (χ1v) is 6.77. The van der Waals surface area contributed by atoms with Crippen molar-refractivity contribution in [3.63, 3.8) is 0 Å². The third-order valence-corrected chi connectivity index (χ3v) is 3.47. The lowest BCUT2D eigenvalue weighted by Gasteiger charge is -2.07. The van der Waals surface area contributed by atoms with E-state index in [9.17, 15) is 0 Å². The fourth-order valence-electron chi connectivity index (χ4n) is 1.75. The topological polar surface area (TPSA) is 45.9 Å². The van der Waals surface area contributed by atoms with Gasteiger partial charge in [0.15, 0.2) is 0 Å². The highest BCUT2D eigenvalue weighted by molar-refractivity contribution is 7.99. The second-order valence-corrected chi connectivity index (χ2v) is 4.81. The van der Waals surface area contributed by atoms with Gasteiger partial charge in [-0.05, 0) is 43.7 Å². The van der Waals surface area contributed by atoms with Gasteiger partial charge in [-0.15, -0.1) is 0 Å². The van der Waals surface area contributed by atoms with Gasteiger partial charge in [-0.3, -0.25) is 0 Å². The number of rotatable bonds is 4. The summed E-state index contributed by atoms with van der Waals surface area (Å²) in [6.45, 7) is 4.64. The van der Waals surface area contributed by atoms with Crippen LogP contribution in [0.1, 0.15) is 12.5 Å². The van der Waals surface area contributed by atoms with E-state index >= 15 is 0 Å². The molecule has 0 N–H and O–H groups in total. The van der Waals surface area contributed by atoms with Crippen LogP contribution >= 0.6 is 11.8 Å². The van der Waals surface area contributed by atoms with Crippen molar-refractivity contribution in [2.24, 2.45) is 0 Å². The summed E-state index contributed by atoms with van der Waals surface area (Å²) in [6, 6.07) is 10.1. The second-order valence-electron chi connectivity index (χ2n) is 3.84. The van der Waals surface area contributed by atoms with E-state index in [0.29, 0.717) is 12.4 Å². The molecule has 0 aliphatic carbocycles. The van der Waals surface area contributed by atoms with Crippen LogP contribution in [0.5, 0.6) is 5.75 Å². The van der Waals surface area contributed by atoms with E-state index in [1.54, 1.807) is 0 Å². The molecule has 0 saturated carbocycles. The van der Waals surface area contributed by atoms with Crippen molar-refractivity contribution in [1.82, 2.24) is 4.98 Å². The van der Waals surface area contributed by atoms with Crippen LogP contribution in [0.15, 0.2) is 29.3 Å². The normalized spacial score (nSPS) is 10.3. The third kappa shape index (κ3) is 2.74. The molecule has 4 heteroatoms. The Kier molecular flexibility index (Phi) is 4.06. The second kappa shape index (κ2) is 5.74. The summed E-state index contributed by atoms with van der Waals surface area (Å²) in [6.07, 6.45) is 0. The number of benzene rings is 1. The highest BCUT2D eigenvalue weighted by Crippen LogP contribution is 2.26. The van der Waals surface area contributed by atoms with E-state index in [1.165, 1.54) is 11.8 Å². The van der Waals surface area contributed by atoms with Crippen molar-refractivity contribution in [2.75, 3.05) is 12.4 Å². The Morgan fingerprint density at radius 2 is 2.22 bits per heavy atom. The van der Waals surface area contributed by atoms with Crippen LogP contribution in [0, 0.1) is 18.3 Å². The van der Waals surface area contributed by atoms with Crippen LogP contribution in [-0.2, 0) is 0 Å². The average Bonchev–Trinajstić information content (AvgIpc) is 2.37. The largest absolute Gasteiger partial charge is 0.494 e. The average molecular weight is 258 g/mol. The Hall–Kier alpha value is -1.73. The van der Waals surface area contributed by atoms with Crippen molar-refractivity contribution >= 4 is 22.7 Å². The Bertz CT molecular complexity index is 605. The summed E-state index contributed by atoms with van der Waals surface area (Å²) in [5, 5.41) is 10.6. The van der Waals surface area contributed by atoms with Gasteiger partial charge < -0.3 is 4.74 Å². The number of thioether (sulfide) groups is 1. The fourth-order valence-corrected chi connectivity index (χ4v) is 2.40. The molecule has 18 heavy (non-hydrogen) atoms. The molecule has 2 rings (SSSR count). The minimum atomic E-state index is 0.427. The van der Waals surface area contributed by atoms with Crippen LogP contribution < -0.4 is 4.74 Å². The van der Waals surface area contributed by atoms with Gasteiger partial charge in [0.1, 0.15) is 10.8 Å². The number of ether oxygens (including phenoxy) is 1. The summed E-state index contributed by atoms with van der Waals surface area (Å²) in [7, 11) is 0. The zero-order valence-corrected chi connectivity index (χ0v) is 11.3. The van der Waals surface area contributed by atoms with Gasteiger partial charge in [0.2, 0.25) is 0 Å². The predicted molar refractivity (Wildman–Crippen MR) is 74.0 cm³/mol. The highest BCUT2D eigenvalue weighted by atomic mass is 32.2. The molecule has 0 saturated heterocycles. The Balaban J connectivity index is 2.40. The van der Waals surface area contributed by atoms with E-state index in [-0.39, 0.29) is 0 Å². The zero-order chi connectivity index (χ0) is 13.0. The number of nitrogens with zero attached hydrogens (tertiary/aromatic N) is 2. The molecular weight excluding hydrogens is 244 g/mol. The molecule has 0 spiro atoms. The van der Waals surface area contributed by atoms with Crippen molar-refractivity contribution < 1.29 is 4.74 Å². The number of fused-ring (bicyclic) bond motifs is 1. The number of nitriles is 1. The molecule has 0 radical (unpaired) electrons. The summed E-state index contributed by atoms with van der Waals surface area (Å²) < 4.78 is 5.47. The summed E-state index contributed by atoms with van der Waals surface area (Å²) in [5.74, 6) is 1.29. The molecule has 2 aromatic rings. The molecule has 1 aromatic heterocycles. The van der Waals surface area contributed by atoms with Crippen LogP contribution in [-0.4, -0.2) is 17.3 Å². The quantitative estimate of drug-likeness (QED) is 0.787. The summed E-state index contributed by atoms with van der Waals surface area (Å²) >= 11 is 1.47. The number of hydrogen-bond acceptors (Lipinski definition) is 4. The Morgan fingerprint density at radius 3 is 2.94 bits per heavy atom. The van der Waals surface area contributed by atoms with Gasteiger partial charge in [0.05, 0.1) is 23.9 Å². The third-order valence-electron chi connectivity index (χ3n) is 2.51. The van der Waals surface area contributed by atoms with Crippen molar-refractivity contribution in [2.45, 2.75) is 18.9 Å². The lowest BCUT2D eigenvalue weighted by molar-refractivity contribution is 0.340. The maximum Gasteiger partial charge on any atom is 0.120 e. The van der Waals surface area contributed by atoms with E-state index < -0.39 is 0 Å². The van der Waals surface area contributed by atoms with Crippen LogP contribution in [0.4, 0.5) is 0 Å². The van der Waals surface area contributed by atoms with E-state index in [2.05, 4.69) is 17.1 Å². The lowest BCUT2D eigenvalue weighted by Crippen LogP contribution is -1.93. The predicted octanol–water partition coefficient (Wildman–Crippen LogP) is 3.56. The standard InChI is InChI=1S/C14H14N2OS/c1-3-17-12-4-5-13-11(9-12)8-10(2)14(16-13)18-7-6-15/h4-5,8-9H,3,7H2,1-2H3. The van der Waals surface area contributed by atoms with Gasteiger partial charge in [0.25, 0.3) is 0 Å². The first-order valence-electron chi connectivity index (χ1n) is 5.78. The monoisotopic (exact) mass is 258 g/mol. The molecule has 0 aliphatic rings. The summed E-state index contributed by atoms with van der Waals surface area (Å²) in [4.78, 5) is 4.57. The molecule has 0 aliphatic heterocycles. The SMILES string of the molecule is CCOc1ccc2nc(SCC#N)c(C)cc2c1. The molecule has 0 bridgehead atoms. The molecular formula is C14H14N2OS. The first kappa shape index (κ1) is 12.7. The van der Waals surface area contributed by atoms with Crippen LogP contribution in [0.2, 0.25) is 0 Å². The fraction of sp³-hybridized carbons (Fsp3) is 0.286. The lowest BCUT2D eigenvalue weighted by atomic mass is 10.1. The van der Waals surface area contributed by atoms with Crippen molar-refractivity contribution in [3.05, 3.63) is 29.8 Å². The number of aryl methyl sites for hydroxylation is 1. The molecule has 1 aromatic carbocycles. The maximum atomic E-state index is 8.61. The Labute approximate surface area is 111 Å². The number of aromatic nitrogens is 1. The molecule has 0 atom stereocenters. The molecule has 3 nitrogen and oxygen atoms in total. The van der Waals surface area contributed by atoms with E-state index in [0.717, 1.165) is 27.2 Å². The number of pyridine rings is 1. The summed E-state index contributed by atoms with van der Waals surface area (Å²) in [5.41, 5.74) is 2.03. The minimum Gasteiger partial charge on any atom is -0.494 e. The molecule has 1 heterocycles. The van der Waals surface area contributed by atoms with E-state index in [1.807, 2.05) is 32.0 Å². The van der Waals surface area contributed by atoms with Crippen LogP contribution in [0.3, 0.4) is 0 Å². The van der Waals surface area contributed by atoms with Gasteiger partial charge in [-0.2, -0.15) is 5.26 Å². The number of hydrogen-bond donors (Lipinski definition) is 0. The van der Waals surface area contributed by atoms with Gasteiger partial charge in [0, 0.05) is 5.39 Å². The molecule has 0 fully saturated rings. The molecule has 0 unspecified atom stereocenters. The smallest absolute Gasteiger partial charge is 0.120 e. The molecule has 92 valence electrons. The Morgan fingerprint density at radius 1 is 1.39 bits per heavy atom. The van der Waals surface area contributed by atoms with Crippen LogP contribution in [0.25, 0.3) is 10.9 Å². The first-order chi connectivity index (χ1) is 8.74. The molecule has 0 amide bonds.